The number of benzene rings is 3. The van der Waals surface area contributed by atoms with Crippen LogP contribution in [0.15, 0.2) is 65.2 Å². The molecule has 0 radical (unpaired) electrons. The van der Waals surface area contributed by atoms with Gasteiger partial charge in [-0.3, -0.25) is 4.79 Å². The molecule has 0 bridgehead atoms. The molecule has 40 heavy (non-hydrogen) atoms. The quantitative estimate of drug-likeness (QED) is 0.208. The van der Waals surface area contributed by atoms with Crippen LogP contribution in [0, 0.1) is 0 Å². The first-order valence-electron chi connectivity index (χ1n) is 13.3. The molecular formula is C32H37N3O5. The van der Waals surface area contributed by atoms with Crippen molar-refractivity contribution in [2.24, 2.45) is 0 Å². The summed E-state index contributed by atoms with van der Waals surface area (Å²) in [4.78, 5) is 19.0. The summed E-state index contributed by atoms with van der Waals surface area (Å²) >= 11 is 0. The highest BCUT2D eigenvalue weighted by molar-refractivity contribution is 5.78. The summed E-state index contributed by atoms with van der Waals surface area (Å²) in [6.45, 7) is 8.24. The zero-order chi connectivity index (χ0) is 28.9. The number of rotatable bonds is 10. The van der Waals surface area contributed by atoms with Crippen molar-refractivity contribution >= 4 is 11.7 Å². The summed E-state index contributed by atoms with van der Waals surface area (Å²) in [7, 11) is 5.22. The van der Waals surface area contributed by atoms with Crippen LogP contribution in [-0.4, -0.2) is 49.5 Å². The highest BCUT2D eigenvalue weighted by Crippen LogP contribution is 2.35. The van der Waals surface area contributed by atoms with E-state index in [0.29, 0.717) is 18.3 Å². The lowest BCUT2D eigenvalue weighted by Gasteiger charge is -2.25. The van der Waals surface area contributed by atoms with Crippen LogP contribution in [0.3, 0.4) is 0 Å². The molecule has 0 aliphatic rings. The Hall–Kier alpha value is -4.17. The SMILES string of the molecule is CCc1cc(-c2noc(-c3ccc(-c4ccccc4OC)c(COC)c3)n2)ccc1N(C)CC(=O)OC(C)(C)C. The van der Waals surface area contributed by atoms with E-state index in [4.69, 9.17) is 23.7 Å². The third-order valence-corrected chi connectivity index (χ3v) is 6.39. The molecule has 4 aromatic rings. The average molecular weight is 544 g/mol. The first-order valence-corrected chi connectivity index (χ1v) is 13.3. The van der Waals surface area contributed by atoms with Gasteiger partial charge in [-0.25, -0.2) is 0 Å². The number of esters is 1. The van der Waals surface area contributed by atoms with Gasteiger partial charge in [-0.1, -0.05) is 36.3 Å². The largest absolute Gasteiger partial charge is 0.496 e. The highest BCUT2D eigenvalue weighted by Gasteiger charge is 2.20. The zero-order valence-corrected chi connectivity index (χ0v) is 24.3. The van der Waals surface area contributed by atoms with E-state index in [2.05, 4.69) is 12.1 Å². The number of para-hydroxylation sites is 1. The molecule has 0 aliphatic heterocycles. The van der Waals surface area contributed by atoms with E-state index in [1.807, 2.05) is 93.4 Å². The predicted octanol–water partition coefficient (Wildman–Crippen LogP) is 6.57. The number of carbonyl (C=O) groups excluding carboxylic acids is 1. The van der Waals surface area contributed by atoms with Gasteiger partial charge in [0.1, 0.15) is 17.9 Å². The number of ether oxygens (including phenoxy) is 3. The van der Waals surface area contributed by atoms with Gasteiger partial charge in [0.2, 0.25) is 5.82 Å². The standard InChI is InChI=1S/C32H37N3O5/c1-8-21-17-22(14-16-27(21)35(5)19-29(36)39-32(2,3)4)30-33-31(40-34-30)23-13-15-25(24(18-23)20-37-6)26-11-9-10-12-28(26)38-7/h9-18H,8,19-20H2,1-7H3. The topological polar surface area (TPSA) is 86.9 Å². The molecule has 0 N–H and O–H groups in total. The van der Waals surface area contributed by atoms with Crippen LogP contribution >= 0.6 is 0 Å². The lowest BCUT2D eigenvalue weighted by Crippen LogP contribution is -2.33. The summed E-state index contributed by atoms with van der Waals surface area (Å²) in [5.74, 6) is 1.43. The Morgan fingerprint density at radius 3 is 2.38 bits per heavy atom. The van der Waals surface area contributed by atoms with Crippen molar-refractivity contribution in [1.82, 2.24) is 10.1 Å². The molecule has 1 aromatic heterocycles. The molecule has 1 heterocycles. The van der Waals surface area contributed by atoms with E-state index in [1.165, 1.54) is 0 Å². The van der Waals surface area contributed by atoms with Crippen LogP contribution in [0.1, 0.15) is 38.8 Å². The fourth-order valence-corrected chi connectivity index (χ4v) is 4.62. The minimum atomic E-state index is -0.523. The maximum Gasteiger partial charge on any atom is 0.326 e. The van der Waals surface area contributed by atoms with Crippen molar-refractivity contribution < 1.29 is 23.5 Å². The van der Waals surface area contributed by atoms with Gasteiger partial charge >= 0.3 is 5.97 Å². The summed E-state index contributed by atoms with van der Waals surface area (Å²) in [5, 5.41) is 4.26. The first-order chi connectivity index (χ1) is 19.1. The molecule has 0 aliphatic carbocycles. The lowest BCUT2D eigenvalue weighted by molar-refractivity contribution is -0.152. The van der Waals surface area contributed by atoms with Crippen LogP contribution in [0.4, 0.5) is 5.69 Å². The fourth-order valence-electron chi connectivity index (χ4n) is 4.62. The average Bonchev–Trinajstić information content (AvgIpc) is 3.42. The molecule has 0 unspecified atom stereocenters. The summed E-state index contributed by atoms with van der Waals surface area (Å²) in [5.41, 5.74) is 6.12. The molecule has 3 aromatic carbocycles. The Kier molecular flexibility index (Phi) is 8.90. The number of likely N-dealkylation sites (N-methyl/N-ethyl adjacent to an activating group) is 1. The second-order valence-electron chi connectivity index (χ2n) is 10.6. The van der Waals surface area contributed by atoms with Gasteiger partial charge in [0, 0.05) is 36.5 Å². The van der Waals surface area contributed by atoms with Gasteiger partial charge in [0.25, 0.3) is 5.89 Å². The molecule has 210 valence electrons. The zero-order valence-electron chi connectivity index (χ0n) is 24.3. The van der Waals surface area contributed by atoms with Gasteiger partial charge in [-0.05, 0) is 80.3 Å². The van der Waals surface area contributed by atoms with Crippen molar-refractivity contribution in [1.29, 1.82) is 0 Å². The van der Waals surface area contributed by atoms with E-state index in [1.54, 1.807) is 14.2 Å². The van der Waals surface area contributed by atoms with E-state index in [-0.39, 0.29) is 12.5 Å². The molecule has 8 nitrogen and oxygen atoms in total. The van der Waals surface area contributed by atoms with Gasteiger partial charge < -0.3 is 23.6 Å². The fraction of sp³-hybridized carbons (Fsp3) is 0.344. The van der Waals surface area contributed by atoms with Gasteiger partial charge in [-0.15, -0.1) is 0 Å². The number of hydrogen-bond donors (Lipinski definition) is 0. The van der Waals surface area contributed by atoms with Crippen LogP contribution in [0.2, 0.25) is 0 Å². The van der Waals surface area contributed by atoms with Crippen LogP contribution in [-0.2, 0) is 27.3 Å². The van der Waals surface area contributed by atoms with Crippen molar-refractivity contribution in [3.8, 4) is 39.7 Å². The Morgan fingerprint density at radius 1 is 0.950 bits per heavy atom. The second-order valence-corrected chi connectivity index (χ2v) is 10.6. The number of methoxy groups -OCH3 is 2. The molecule has 0 saturated heterocycles. The maximum atomic E-state index is 12.4. The number of carbonyl (C=O) groups is 1. The van der Waals surface area contributed by atoms with E-state index < -0.39 is 5.60 Å². The number of nitrogens with zero attached hydrogens (tertiary/aromatic N) is 3. The minimum Gasteiger partial charge on any atom is -0.496 e. The summed E-state index contributed by atoms with van der Waals surface area (Å²) in [6.07, 6.45) is 0.775. The lowest BCUT2D eigenvalue weighted by atomic mass is 9.97. The van der Waals surface area contributed by atoms with Crippen LogP contribution in [0.5, 0.6) is 5.75 Å². The second kappa shape index (κ2) is 12.3. The first kappa shape index (κ1) is 28.8. The maximum absolute atomic E-state index is 12.4. The van der Waals surface area contributed by atoms with E-state index in [9.17, 15) is 4.79 Å². The summed E-state index contributed by atoms with van der Waals surface area (Å²) < 4.78 is 22.2. The molecule has 0 atom stereocenters. The van der Waals surface area contributed by atoms with Crippen molar-refractivity contribution in [2.45, 2.75) is 46.3 Å². The van der Waals surface area contributed by atoms with E-state index in [0.717, 1.165) is 51.2 Å². The Bertz CT molecular complexity index is 1470. The van der Waals surface area contributed by atoms with Crippen molar-refractivity contribution in [2.75, 3.05) is 32.7 Å². The molecule has 0 amide bonds. The Labute approximate surface area is 235 Å². The highest BCUT2D eigenvalue weighted by atomic mass is 16.6. The van der Waals surface area contributed by atoms with Crippen LogP contribution in [0.25, 0.3) is 34.0 Å². The number of aromatic nitrogens is 2. The molecule has 0 saturated carbocycles. The Morgan fingerprint density at radius 2 is 1.68 bits per heavy atom. The third kappa shape index (κ3) is 6.69. The van der Waals surface area contributed by atoms with Gasteiger partial charge in [0.05, 0.1) is 13.7 Å². The van der Waals surface area contributed by atoms with Crippen molar-refractivity contribution in [3.63, 3.8) is 0 Å². The molecule has 0 fully saturated rings. The minimum absolute atomic E-state index is 0.157. The van der Waals surface area contributed by atoms with Gasteiger partial charge in [-0.2, -0.15) is 4.98 Å². The molecule has 0 spiro atoms. The molecule has 8 heteroatoms. The van der Waals surface area contributed by atoms with Crippen LogP contribution < -0.4 is 9.64 Å². The number of anilines is 1. The summed E-state index contributed by atoms with van der Waals surface area (Å²) in [6, 6.07) is 19.8. The normalized spacial score (nSPS) is 11.4. The Balaban J connectivity index is 1.60. The smallest absolute Gasteiger partial charge is 0.326 e. The van der Waals surface area contributed by atoms with Gasteiger partial charge in [0.15, 0.2) is 0 Å². The number of aryl methyl sites for hydroxylation is 1. The molecular weight excluding hydrogens is 506 g/mol. The predicted molar refractivity (Wildman–Crippen MR) is 156 cm³/mol. The third-order valence-electron chi connectivity index (χ3n) is 6.39. The number of hydrogen-bond acceptors (Lipinski definition) is 8. The monoisotopic (exact) mass is 543 g/mol. The van der Waals surface area contributed by atoms with Crippen molar-refractivity contribution in [3.05, 3.63) is 71.8 Å². The molecule has 4 rings (SSSR count). The van der Waals surface area contributed by atoms with E-state index >= 15 is 0 Å².